The summed E-state index contributed by atoms with van der Waals surface area (Å²) in [6.07, 6.45) is 4.89. The van der Waals surface area contributed by atoms with Gasteiger partial charge in [-0.3, -0.25) is 4.79 Å². The Morgan fingerprint density at radius 3 is 2.43 bits per heavy atom. The third-order valence-corrected chi connectivity index (χ3v) is 3.67. The lowest BCUT2D eigenvalue weighted by Crippen LogP contribution is -2.41. The number of carbonyl (C=O) groups excluding carboxylic acids is 1. The van der Waals surface area contributed by atoms with Crippen LogP contribution in [0.1, 0.15) is 40.2 Å². The van der Waals surface area contributed by atoms with Crippen LogP contribution in [0.15, 0.2) is 12.4 Å². The average Bonchev–Trinajstić information content (AvgIpc) is 2.59. The first-order valence-corrected chi connectivity index (χ1v) is 7.57. The Labute approximate surface area is 134 Å². The average molecular weight is 323 g/mol. The molecule has 2 rings (SSSR count). The second-order valence-electron chi connectivity index (χ2n) is 5.30. The summed E-state index contributed by atoms with van der Waals surface area (Å²) in [6, 6.07) is 0. The summed E-state index contributed by atoms with van der Waals surface area (Å²) < 4.78 is 10.7. The van der Waals surface area contributed by atoms with Gasteiger partial charge in [0.05, 0.1) is 18.5 Å². The number of carbonyl (C=O) groups is 2. The van der Waals surface area contributed by atoms with Gasteiger partial charge in [0.2, 0.25) is 0 Å². The highest BCUT2D eigenvalue weighted by Crippen LogP contribution is 2.16. The first-order chi connectivity index (χ1) is 11.1. The first-order valence-electron chi connectivity index (χ1n) is 7.57. The van der Waals surface area contributed by atoms with Gasteiger partial charge >= 0.3 is 5.97 Å². The van der Waals surface area contributed by atoms with Gasteiger partial charge in [-0.25, -0.2) is 14.8 Å². The largest absolute Gasteiger partial charge is 0.476 e. The smallest absolute Gasteiger partial charge is 0.356 e. The third-order valence-electron chi connectivity index (χ3n) is 3.67. The van der Waals surface area contributed by atoms with E-state index in [1.54, 1.807) is 12.0 Å². The zero-order valence-electron chi connectivity index (χ0n) is 13.1. The SMILES string of the molecule is COCCCOC1CCN(C(=O)c2cnc(C(=O)O)cn2)CC1. The molecule has 1 aliphatic heterocycles. The summed E-state index contributed by atoms with van der Waals surface area (Å²) in [6.45, 7) is 2.53. The molecule has 126 valence electrons. The maximum atomic E-state index is 12.3. The second-order valence-corrected chi connectivity index (χ2v) is 5.30. The molecule has 0 saturated carbocycles. The molecule has 1 aromatic heterocycles. The molecule has 0 radical (unpaired) electrons. The molecule has 1 N–H and O–H groups in total. The number of ether oxygens (including phenoxy) is 2. The highest BCUT2D eigenvalue weighted by molar-refractivity contribution is 5.92. The summed E-state index contributed by atoms with van der Waals surface area (Å²) in [5.41, 5.74) is -0.0146. The van der Waals surface area contributed by atoms with Gasteiger partial charge in [0.1, 0.15) is 5.69 Å². The van der Waals surface area contributed by atoms with Crippen LogP contribution in [0, 0.1) is 0 Å². The molecule has 0 spiro atoms. The summed E-state index contributed by atoms with van der Waals surface area (Å²) in [5, 5.41) is 8.78. The van der Waals surface area contributed by atoms with Crippen LogP contribution in [0.3, 0.4) is 0 Å². The van der Waals surface area contributed by atoms with Crippen LogP contribution in [-0.4, -0.2) is 71.4 Å². The van der Waals surface area contributed by atoms with E-state index in [0.717, 1.165) is 25.5 Å². The predicted octanol–water partition coefficient (Wildman–Crippen LogP) is 0.833. The summed E-state index contributed by atoms with van der Waals surface area (Å²) in [5.74, 6) is -1.39. The molecule has 23 heavy (non-hydrogen) atoms. The van der Waals surface area contributed by atoms with Crippen molar-refractivity contribution in [1.29, 1.82) is 0 Å². The van der Waals surface area contributed by atoms with Crippen LogP contribution >= 0.6 is 0 Å². The van der Waals surface area contributed by atoms with Crippen molar-refractivity contribution in [3.8, 4) is 0 Å². The van der Waals surface area contributed by atoms with Crippen molar-refractivity contribution in [1.82, 2.24) is 14.9 Å². The number of rotatable bonds is 7. The molecule has 1 fully saturated rings. The quantitative estimate of drug-likeness (QED) is 0.742. The molecule has 2 heterocycles. The lowest BCUT2D eigenvalue weighted by atomic mass is 10.1. The van der Waals surface area contributed by atoms with E-state index in [0.29, 0.717) is 26.3 Å². The van der Waals surface area contributed by atoms with Crippen LogP contribution < -0.4 is 0 Å². The molecule has 0 bridgehead atoms. The van der Waals surface area contributed by atoms with E-state index in [-0.39, 0.29) is 23.4 Å². The maximum absolute atomic E-state index is 12.3. The lowest BCUT2D eigenvalue weighted by molar-refractivity contribution is 0.00174. The number of carboxylic acid groups (broad SMARTS) is 1. The molecule has 8 nitrogen and oxygen atoms in total. The Morgan fingerprint density at radius 2 is 1.87 bits per heavy atom. The number of nitrogens with zero attached hydrogens (tertiary/aromatic N) is 3. The molecule has 0 unspecified atom stereocenters. The van der Waals surface area contributed by atoms with Crippen LogP contribution in [0.4, 0.5) is 0 Å². The topological polar surface area (TPSA) is 102 Å². The van der Waals surface area contributed by atoms with E-state index in [9.17, 15) is 9.59 Å². The van der Waals surface area contributed by atoms with Crippen molar-refractivity contribution in [3.63, 3.8) is 0 Å². The molecule has 0 atom stereocenters. The molecule has 0 aliphatic carbocycles. The number of piperidine rings is 1. The number of hydrogen-bond acceptors (Lipinski definition) is 6. The van der Waals surface area contributed by atoms with Gasteiger partial charge in [-0.15, -0.1) is 0 Å². The van der Waals surface area contributed by atoms with Gasteiger partial charge in [-0.2, -0.15) is 0 Å². The van der Waals surface area contributed by atoms with Crippen molar-refractivity contribution in [2.45, 2.75) is 25.4 Å². The van der Waals surface area contributed by atoms with Crippen LogP contribution in [0.2, 0.25) is 0 Å². The van der Waals surface area contributed by atoms with Crippen LogP contribution in [0.25, 0.3) is 0 Å². The zero-order chi connectivity index (χ0) is 16.7. The number of amides is 1. The number of aromatic carboxylic acids is 1. The monoisotopic (exact) mass is 323 g/mol. The Hall–Kier alpha value is -2.06. The highest BCUT2D eigenvalue weighted by atomic mass is 16.5. The molecule has 1 amide bonds. The Kier molecular flexibility index (Phi) is 6.42. The molecule has 8 heteroatoms. The van der Waals surface area contributed by atoms with Gasteiger partial charge in [-0.1, -0.05) is 0 Å². The fourth-order valence-electron chi connectivity index (χ4n) is 2.39. The van der Waals surface area contributed by atoms with Gasteiger partial charge < -0.3 is 19.5 Å². The maximum Gasteiger partial charge on any atom is 0.356 e. The van der Waals surface area contributed by atoms with E-state index < -0.39 is 5.97 Å². The second kappa shape index (κ2) is 8.54. The fourth-order valence-corrected chi connectivity index (χ4v) is 2.39. The standard InChI is InChI=1S/C15H21N3O5/c1-22-7-2-8-23-11-3-5-18(6-4-11)14(19)12-9-17-13(10-16-12)15(20)21/h9-11H,2-8H2,1H3,(H,20,21). The van der Waals surface area contributed by atoms with E-state index >= 15 is 0 Å². The van der Waals surface area contributed by atoms with E-state index in [4.69, 9.17) is 14.6 Å². The summed E-state index contributed by atoms with van der Waals surface area (Å²) >= 11 is 0. The minimum absolute atomic E-state index is 0.162. The predicted molar refractivity (Wildman–Crippen MR) is 80.4 cm³/mol. The van der Waals surface area contributed by atoms with E-state index in [2.05, 4.69) is 9.97 Å². The molecular formula is C15H21N3O5. The Bertz CT molecular complexity index is 526. The van der Waals surface area contributed by atoms with E-state index in [1.807, 2.05) is 0 Å². The third kappa shape index (κ3) is 4.97. The van der Waals surface area contributed by atoms with Crippen molar-refractivity contribution in [3.05, 3.63) is 23.8 Å². The number of hydrogen-bond donors (Lipinski definition) is 1. The number of likely N-dealkylation sites (tertiary alicyclic amines) is 1. The first kappa shape index (κ1) is 17.3. The minimum atomic E-state index is -1.16. The van der Waals surface area contributed by atoms with Gasteiger partial charge in [0.15, 0.2) is 5.69 Å². The van der Waals surface area contributed by atoms with E-state index in [1.165, 1.54) is 6.20 Å². The summed E-state index contributed by atoms with van der Waals surface area (Å²) in [7, 11) is 1.66. The van der Waals surface area contributed by atoms with Gasteiger partial charge in [0, 0.05) is 33.4 Å². The molecule has 1 saturated heterocycles. The Balaban J connectivity index is 1.80. The van der Waals surface area contributed by atoms with Crippen LogP contribution in [-0.2, 0) is 9.47 Å². The normalized spacial score (nSPS) is 15.6. The molecule has 1 aliphatic rings. The van der Waals surface area contributed by atoms with Crippen molar-refractivity contribution in [2.75, 3.05) is 33.4 Å². The molecule has 1 aromatic rings. The number of aromatic nitrogens is 2. The summed E-state index contributed by atoms with van der Waals surface area (Å²) in [4.78, 5) is 32.3. The van der Waals surface area contributed by atoms with Crippen molar-refractivity contribution >= 4 is 11.9 Å². The fraction of sp³-hybridized carbons (Fsp3) is 0.600. The lowest BCUT2D eigenvalue weighted by Gasteiger charge is -2.31. The molecular weight excluding hydrogens is 302 g/mol. The van der Waals surface area contributed by atoms with Gasteiger partial charge in [0.25, 0.3) is 5.91 Å². The number of carboxylic acids is 1. The van der Waals surface area contributed by atoms with Gasteiger partial charge in [-0.05, 0) is 19.3 Å². The van der Waals surface area contributed by atoms with Crippen molar-refractivity contribution in [2.24, 2.45) is 0 Å². The van der Waals surface area contributed by atoms with Crippen molar-refractivity contribution < 1.29 is 24.2 Å². The number of methoxy groups -OCH3 is 1. The van der Waals surface area contributed by atoms with Crippen LogP contribution in [0.5, 0.6) is 0 Å². The molecule has 0 aromatic carbocycles. The highest BCUT2D eigenvalue weighted by Gasteiger charge is 2.25. The zero-order valence-corrected chi connectivity index (χ0v) is 13.1. The Morgan fingerprint density at radius 1 is 1.22 bits per heavy atom. The minimum Gasteiger partial charge on any atom is -0.476 e.